The summed E-state index contributed by atoms with van der Waals surface area (Å²) in [6, 6.07) is 7.15. The minimum Gasteiger partial charge on any atom is -0.358 e. The van der Waals surface area contributed by atoms with Crippen molar-refractivity contribution in [2.75, 3.05) is 5.32 Å². The Kier molecular flexibility index (Phi) is 4.50. The SMILES string of the molecule is O=C(Cn1cc(Br)c([N+](=O)[O-])n1)Nc1ccccc1Br. The lowest BCUT2D eigenvalue weighted by molar-refractivity contribution is -0.390. The lowest BCUT2D eigenvalue weighted by Gasteiger charge is -2.05. The van der Waals surface area contributed by atoms with E-state index in [0.717, 1.165) is 4.47 Å². The Balaban J connectivity index is 2.07. The highest BCUT2D eigenvalue weighted by Crippen LogP contribution is 2.23. The van der Waals surface area contributed by atoms with Crippen LogP contribution in [-0.4, -0.2) is 20.6 Å². The smallest absolute Gasteiger partial charge is 0.358 e. The second kappa shape index (κ2) is 6.14. The highest BCUT2D eigenvalue weighted by Gasteiger charge is 2.20. The molecule has 0 atom stereocenters. The van der Waals surface area contributed by atoms with Gasteiger partial charge in [-0.3, -0.25) is 4.79 Å². The molecule has 0 aliphatic carbocycles. The molecule has 2 rings (SSSR count). The number of nitrogens with zero attached hydrogens (tertiary/aromatic N) is 3. The van der Waals surface area contributed by atoms with Crippen molar-refractivity contribution in [3.8, 4) is 0 Å². The van der Waals surface area contributed by atoms with E-state index in [2.05, 4.69) is 42.3 Å². The fourth-order valence-electron chi connectivity index (χ4n) is 1.49. The summed E-state index contributed by atoms with van der Waals surface area (Å²) in [6.45, 7) is -0.117. The van der Waals surface area contributed by atoms with Crippen LogP contribution < -0.4 is 5.32 Å². The molecule has 0 saturated carbocycles. The van der Waals surface area contributed by atoms with E-state index in [1.165, 1.54) is 10.9 Å². The molecular formula is C11H8Br2N4O3. The van der Waals surface area contributed by atoms with Gasteiger partial charge in [-0.1, -0.05) is 12.1 Å². The number of amides is 1. The van der Waals surface area contributed by atoms with E-state index in [0.29, 0.717) is 5.69 Å². The number of halogens is 2. The number of carbonyl (C=O) groups is 1. The van der Waals surface area contributed by atoms with Gasteiger partial charge in [-0.15, -0.1) is 0 Å². The van der Waals surface area contributed by atoms with Gasteiger partial charge >= 0.3 is 5.82 Å². The van der Waals surface area contributed by atoms with Crippen LogP contribution >= 0.6 is 31.9 Å². The zero-order valence-electron chi connectivity index (χ0n) is 9.92. The Morgan fingerprint density at radius 3 is 2.65 bits per heavy atom. The number of anilines is 1. The molecule has 7 nitrogen and oxygen atoms in total. The standard InChI is InChI=1S/C11H8Br2N4O3/c12-7-3-1-2-4-9(7)14-10(18)6-16-5-8(13)11(15-16)17(19)20/h1-5H,6H2,(H,14,18). The quantitative estimate of drug-likeness (QED) is 0.627. The zero-order valence-corrected chi connectivity index (χ0v) is 13.1. The molecular weight excluding hydrogens is 396 g/mol. The molecule has 1 heterocycles. The average Bonchev–Trinajstić information content (AvgIpc) is 2.73. The molecule has 0 radical (unpaired) electrons. The van der Waals surface area contributed by atoms with Gasteiger partial charge in [0.2, 0.25) is 5.91 Å². The maximum Gasteiger partial charge on any atom is 0.404 e. The first-order valence-electron chi connectivity index (χ1n) is 5.39. The number of nitrogens with one attached hydrogen (secondary N) is 1. The van der Waals surface area contributed by atoms with Gasteiger partial charge in [0.05, 0.1) is 17.0 Å². The van der Waals surface area contributed by atoms with Crippen LogP contribution in [0.5, 0.6) is 0 Å². The van der Waals surface area contributed by atoms with Gasteiger partial charge in [0.25, 0.3) is 0 Å². The number of rotatable bonds is 4. The van der Waals surface area contributed by atoms with Gasteiger partial charge in [0, 0.05) is 4.47 Å². The van der Waals surface area contributed by atoms with Crippen LogP contribution in [0.4, 0.5) is 11.5 Å². The normalized spacial score (nSPS) is 10.3. The fourth-order valence-corrected chi connectivity index (χ4v) is 2.34. The number of carbonyl (C=O) groups excluding carboxylic acids is 1. The zero-order chi connectivity index (χ0) is 14.7. The first-order valence-corrected chi connectivity index (χ1v) is 6.97. The Morgan fingerprint density at radius 1 is 1.35 bits per heavy atom. The number of hydrogen-bond donors (Lipinski definition) is 1. The summed E-state index contributed by atoms with van der Waals surface area (Å²) in [5, 5.41) is 17.0. The number of nitro groups is 1. The second-order valence-corrected chi connectivity index (χ2v) is 5.49. The molecule has 0 saturated heterocycles. The molecule has 104 valence electrons. The Bertz CT molecular complexity index is 671. The summed E-state index contributed by atoms with van der Waals surface area (Å²) in [6.07, 6.45) is 1.39. The van der Waals surface area contributed by atoms with E-state index in [4.69, 9.17) is 0 Å². The number of para-hydroxylation sites is 1. The molecule has 1 N–H and O–H groups in total. The van der Waals surface area contributed by atoms with Crippen LogP contribution in [0.2, 0.25) is 0 Å². The van der Waals surface area contributed by atoms with Crippen molar-refractivity contribution in [3.05, 3.63) is 49.5 Å². The topological polar surface area (TPSA) is 90.1 Å². The van der Waals surface area contributed by atoms with Crippen molar-refractivity contribution in [3.63, 3.8) is 0 Å². The molecule has 0 bridgehead atoms. The van der Waals surface area contributed by atoms with Gasteiger partial charge in [0.15, 0.2) is 0 Å². The van der Waals surface area contributed by atoms with Crippen molar-refractivity contribution in [1.82, 2.24) is 9.78 Å². The lowest BCUT2D eigenvalue weighted by atomic mass is 10.3. The largest absolute Gasteiger partial charge is 0.404 e. The van der Waals surface area contributed by atoms with E-state index >= 15 is 0 Å². The highest BCUT2D eigenvalue weighted by atomic mass is 79.9. The van der Waals surface area contributed by atoms with Crippen LogP contribution in [0.1, 0.15) is 0 Å². The maximum absolute atomic E-state index is 11.8. The minimum atomic E-state index is -0.619. The van der Waals surface area contributed by atoms with Crippen LogP contribution in [0.3, 0.4) is 0 Å². The van der Waals surface area contributed by atoms with Gasteiger partial charge < -0.3 is 15.4 Å². The van der Waals surface area contributed by atoms with Gasteiger partial charge in [-0.05, 0) is 48.9 Å². The van der Waals surface area contributed by atoms with Crippen molar-refractivity contribution < 1.29 is 9.72 Å². The summed E-state index contributed by atoms with van der Waals surface area (Å²) in [5.41, 5.74) is 0.623. The van der Waals surface area contributed by atoms with E-state index < -0.39 is 4.92 Å². The molecule has 1 amide bonds. The van der Waals surface area contributed by atoms with Crippen LogP contribution in [0.25, 0.3) is 0 Å². The first kappa shape index (κ1) is 14.7. The van der Waals surface area contributed by atoms with E-state index in [9.17, 15) is 14.9 Å². The third kappa shape index (κ3) is 3.42. The van der Waals surface area contributed by atoms with Crippen LogP contribution in [-0.2, 0) is 11.3 Å². The van der Waals surface area contributed by atoms with Gasteiger partial charge in [-0.25, -0.2) is 0 Å². The highest BCUT2D eigenvalue weighted by molar-refractivity contribution is 9.11. The molecule has 0 spiro atoms. The number of benzene rings is 1. The first-order chi connectivity index (χ1) is 9.47. The molecule has 1 aromatic carbocycles. The molecule has 0 fully saturated rings. The van der Waals surface area contributed by atoms with Crippen molar-refractivity contribution in [2.45, 2.75) is 6.54 Å². The van der Waals surface area contributed by atoms with Crippen molar-refractivity contribution in [1.29, 1.82) is 0 Å². The lowest BCUT2D eigenvalue weighted by Crippen LogP contribution is -2.19. The molecule has 2 aromatic rings. The van der Waals surface area contributed by atoms with Gasteiger partial charge in [0.1, 0.15) is 11.0 Å². The molecule has 0 aliphatic rings. The van der Waals surface area contributed by atoms with Gasteiger partial charge in [-0.2, -0.15) is 4.68 Å². The third-order valence-electron chi connectivity index (χ3n) is 2.33. The van der Waals surface area contributed by atoms with Crippen molar-refractivity contribution in [2.24, 2.45) is 0 Å². The Labute approximate surface area is 130 Å². The maximum atomic E-state index is 11.8. The van der Waals surface area contributed by atoms with E-state index in [1.54, 1.807) is 18.2 Å². The third-order valence-corrected chi connectivity index (χ3v) is 3.58. The average molecular weight is 404 g/mol. The van der Waals surface area contributed by atoms with E-state index in [1.807, 2.05) is 6.07 Å². The summed E-state index contributed by atoms with van der Waals surface area (Å²) in [4.78, 5) is 21.9. The molecule has 9 heteroatoms. The van der Waals surface area contributed by atoms with E-state index in [-0.39, 0.29) is 22.7 Å². The fraction of sp³-hybridized carbons (Fsp3) is 0.0909. The molecule has 0 aliphatic heterocycles. The number of hydrogen-bond acceptors (Lipinski definition) is 4. The van der Waals surface area contributed by atoms with Crippen LogP contribution in [0.15, 0.2) is 39.4 Å². The van der Waals surface area contributed by atoms with Crippen LogP contribution in [0, 0.1) is 10.1 Å². The van der Waals surface area contributed by atoms with Crippen molar-refractivity contribution >= 4 is 49.3 Å². The second-order valence-electron chi connectivity index (χ2n) is 3.78. The minimum absolute atomic E-state index is 0.117. The monoisotopic (exact) mass is 402 g/mol. The molecule has 0 unspecified atom stereocenters. The Hall–Kier alpha value is -1.74. The summed E-state index contributed by atoms with van der Waals surface area (Å²) >= 11 is 6.33. The molecule has 1 aromatic heterocycles. The summed E-state index contributed by atoms with van der Waals surface area (Å²) in [7, 11) is 0. The molecule has 20 heavy (non-hydrogen) atoms. The number of aromatic nitrogens is 2. The summed E-state index contributed by atoms with van der Waals surface area (Å²) < 4.78 is 2.19. The predicted octanol–water partition coefficient (Wildman–Crippen LogP) is 2.96. The summed E-state index contributed by atoms with van der Waals surface area (Å²) in [5.74, 6) is -0.652. The predicted molar refractivity (Wildman–Crippen MR) is 79.4 cm³/mol. The Morgan fingerprint density at radius 2 is 2.05 bits per heavy atom.